The zero-order chi connectivity index (χ0) is 75.4. The number of benzene rings is 14. The van der Waals surface area contributed by atoms with Crippen molar-refractivity contribution in [1.82, 2.24) is 4.98 Å². The minimum atomic E-state index is 0.00750. The molecule has 0 spiro atoms. The summed E-state index contributed by atoms with van der Waals surface area (Å²) in [5, 5.41) is 88.5. The van der Waals surface area contributed by atoms with E-state index in [4.69, 9.17) is 0 Å². The second-order valence-corrected chi connectivity index (χ2v) is 30.4. The summed E-state index contributed by atoms with van der Waals surface area (Å²) in [5.41, 5.74) is 13.5. The molecule has 0 fully saturated rings. The Balaban J connectivity index is 0.000000135. The van der Waals surface area contributed by atoms with Crippen molar-refractivity contribution >= 4 is 67.6 Å². The Hall–Kier alpha value is -11.5. The number of phenols is 8. The molecule has 14 aromatic carbocycles. The lowest BCUT2D eigenvalue weighted by Crippen LogP contribution is -2.00. The van der Waals surface area contributed by atoms with Gasteiger partial charge in [0.2, 0.25) is 0 Å². The Morgan fingerprint density at radius 2 is 0.626 bits per heavy atom. The third kappa shape index (κ3) is 18.1. The molecule has 15 aromatic rings. The first-order valence-corrected chi connectivity index (χ1v) is 38.0. The molecule has 9 nitrogen and oxygen atoms in total. The molecular formula is C95H85NO8S3. The lowest BCUT2D eigenvalue weighted by molar-refractivity contribution is 0.465. The normalized spacial score (nSPS) is 12.2. The molecule has 536 valence electrons. The number of phenolic OH excluding ortho intramolecular Hbond substituents is 8. The minimum Gasteiger partial charge on any atom is -0.508 e. The second kappa shape index (κ2) is 34.1. The van der Waals surface area contributed by atoms with Crippen LogP contribution in [0.15, 0.2) is 327 Å². The van der Waals surface area contributed by atoms with Crippen molar-refractivity contribution in [1.29, 1.82) is 0 Å². The van der Waals surface area contributed by atoms with E-state index >= 15 is 0 Å². The van der Waals surface area contributed by atoms with Crippen LogP contribution in [0.5, 0.6) is 46.0 Å². The number of pyridine rings is 1. The molecule has 0 aliphatic carbocycles. The van der Waals surface area contributed by atoms with Gasteiger partial charge in [0.15, 0.2) is 0 Å². The SMILES string of the molecule is Cc1cc(Sc2ccc(O)c(C(C)c3c4ccccc4cc4ccccc34)c2)ccc1O.Cc1cc(Sc2ccc(O)c(C(C)c3cccc4ccccc34)c2)ccc1O.Cc1cc(Sc2ccc(O)c(C(C)c3ccccc3)c2)ccc1O.Cc1ccc(O)c(-c2cc(C(C)c3ccncc3)ccc2O)c1. The molecule has 0 amide bonds. The molecule has 0 saturated heterocycles. The number of aryl methyl sites for hydroxylation is 4. The first kappa shape index (κ1) is 75.2. The molecule has 12 heteroatoms. The Bertz CT molecular complexity index is 5590. The topological polar surface area (TPSA) is 175 Å². The largest absolute Gasteiger partial charge is 0.508 e. The monoisotopic (exact) mass is 1460 g/mol. The number of aromatic nitrogens is 1. The molecule has 0 radical (unpaired) electrons. The van der Waals surface area contributed by atoms with Gasteiger partial charge in [-0.2, -0.15) is 0 Å². The van der Waals surface area contributed by atoms with Crippen molar-refractivity contribution in [2.45, 2.75) is 108 Å². The van der Waals surface area contributed by atoms with Crippen LogP contribution in [-0.2, 0) is 0 Å². The number of rotatable bonds is 15. The van der Waals surface area contributed by atoms with Crippen molar-refractivity contribution in [3.05, 3.63) is 364 Å². The first-order valence-electron chi connectivity index (χ1n) is 35.5. The van der Waals surface area contributed by atoms with Crippen LogP contribution in [0, 0.1) is 27.7 Å². The summed E-state index contributed by atoms with van der Waals surface area (Å²) in [7, 11) is 0. The van der Waals surface area contributed by atoms with Crippen LogP contribution in [0.4, 0.5) is 0 Å². The van der Waals surface area contributed by atoms with Gasteiger partial charge in [-0.1, -0.05) is 202 Å². The van der Waals surface area contributed by atoms with Crippen molar-refractivity contribution < 1.29 is 40.9 Å². The second-order valence-electron chi connectivity index (χ2n) is 27.0. The smallest absolute Gasteiger partial charge is 0.123 e. The summed E-state index contributed by atoms with van der Waals surface area (Å²) in [4.78, 5) is 10.4. The molecule has 1 heterocycles. The van der Waals surface area contributed by atoms with Crippen molar-refractivity contribution in [2.75, 3.05) is 0 Å². The quantitative estimate of drug-likeness (QED) is 0.0457. The van der Waals surface area contributed by atoms with Gasteiger partial charge in [0.1, 0.15) is 46.0 Å². The van der Waals surface area contributed by atoms with Crippen LogP contribution >= 0.6 is 35.3 Å². The predicted octanol–water partition coefficient (Wildman–Crippen LogP) is 25.2. The summed E-state index contributed by atoms with van der Waals surface area (Å²) in [5.74, 6) is 2.54. The number of hydrogen-bond donors (Lipinski definition) is 8. The standard InChI is InChI=1S/C29H24O2S.C25H22O2S.C21H20O2S.C20H19NO2/c1-18-15-22(11-13-27(18)30)32-23-12-14-28(31)26(17-23)19(2)29-24-9-5-3-7-20(24)16-21-8-4-6-10-25(21)29;1-16-14-19(10-12-24(16)26)28-20-11-13-25(27)23(15-20)17(2)21-9-5-7-18-6-3-4-8-22(18)21;1-14-12-17(8-10-20(14)22)24-18-9-11-21(23)19(13-18)15(2)16-6-4-3-5-7-16;1-13-3-5-19(22)17(11-13)18-12-16(4-6-20(18)23)14(2)15-7-9-21-10-8-15/h3-17,19,30-31H,1-2H3;3-15,17,26-27H,1-2H3;3-13,15,22-23H,1-2H3;3-12,14,22-23H,1-2H3. The van der Waals surface area contributed by atoms with Gasteiger partial charge >= 0.3 is 0 Å². The molecule has 15 rings (SSSR count). The summed E-state index contributed by atoms with van der Waals surface area (Å²) in [6.07, 6.45) is 3.55. The fraction of sp³-hybridized carbons (Fsp3) is 0.126. The number of fused-ring (bicyclic) bond motifs is 3. The highest BCUT2D eigenvalue weighted by Gasteiger charge is 2.22. The van der Waals surface area contributed by atoms with Gasteiger partial charge in [-0.05, 0) is 256 Å². The van der Waals surface area contributed by atoms with E-state index in [0.717, 1.165) is 79.4 Å². The van der Waals surface area contributed by atoms with Gasteiger partial charge in [0.25, 0.3) is 0 Å². The molecule has 0 saturated carbocycles. The molecule has 0 aliphatic rings. The Morgan fingerprint density at radius 1 is 0.252 bits per heavy atom. The average molecular weight is 1460 g/mol. The Kier molecular flexibility index (Phi) is 24.0. The predicted molar refractivity (Wildman–Crippen MR) is 441 cm³/mol. The third-order valence-electron chi connectivity index (χ3n) is 19.6. The van der Waals surface area contributed by atoms with Crippen LogP contribution in [0.1, 0.15) is 118 Å². The third-order valence-corrected chi connectivity index (χ3v) is 22.6. The lowest BCUT2D eigenvalue weighted by Gasteiger charge is -2.20. The summed E-state index contributed by atoms with van der Waals surface area (Å²) in [6.45, 7) is 16.2. The van der Waals surface area contributed by atoms with E-state index in [9.17, 15) is 40.9 Å². The fourth-order valence-corrected chi connectivity index (χ4v) is 16.3. The first-order chi connectivity index (χ1) is 51.6. The Labute approximate surface area is 638 Å². The summed E-state index contributed by atoms with van der Waals surface area (Å²) in [6, 6.07) is 93.0. The molecule has 107 heavy (non-hydrogen) atoms. The van der Waals surface area contributed by atoms with Crippen LogP contribution in [0.25, 0.3) is 43.4 Å². The molecule has 1 aromatic heterocycles. The zero-order valence-corrected chi connectivity index (χ0v) is 63.3. The van der Waals surface area contributed by atoms with Crippen molar-refractivity contribution in [2.24, 2.45) is 0 Å². The minimum absolute atomic E-state index is 0.00750. The highest BCUT2D eigenvalue weighted by molar-refractivity contribution is 7.99. The van der Waals surface area contributed by atoms with E-state index in [2.05, 4.69) is 148 Å². The van der Waals surface area contributed by atoms with Crippen LogP contribution in [-0.4, -0.2) is 45.8 Å². The zero-order valence-electron chi connectivity index (χ0n) is 60.8. The number of hydrogen-bond acceptors (Lipinski definition) is 12. The fourth-order valence-electron chi connectivity index (χ4n) is 13.4. The van der Waals surface area contributed by atoms with E-state index < -0.39 is 0 Å². The number of nitrogens with zero attached hydrogens (tertiary/aromatic N) is 1. The van der Waals surface area contributed by atoms with Gasteiger partial charge in [0.05, 0.1) is 0 Å². The van der Waals surface area contributed by atoms with Gasteiger partial charge in [0, 0.05) is 93.3 Å². The molecular weight excluding hydrogens is 1380 g/mol. The molecule has 8 N–H and O–H groups in total. The van der Waals surface area contributed by atoms with E-state index in [1.54, 1.807) is 96.2 Å². The highest BCUT2D eigenvalue weighted by atomic mass is 32.2. The van der Waals surface area contributed by atoms with Crippen LogP contribution in [0.2, 0.25) is 0 Å². The molecule has 0 bridgehead atoms. The summed E-state index contributed by atoms with van der Waals surface area (Å²) >= 11 is 4.88. The average Bonchev–Trinajstić information content (AvgIpc) is 0.759. The van der Waals surface area contributed by atoms with E-state index in [1.807, 2.05) is 149 Å². The van der Waals surface area contributed by atoms with Gasteiger partial charge in [-0.3, -0.25) is 4.98 Å². The Morgan fingerprint density at radius 3 is 1.11 bits per heavy atom. The van der Waals surface area contributed by atoms with Crippen LogP contribution in [0.3, 0.4) is 0 Å². The van der Waals surface area contributed by atoms with Gasteiger partial charge in [-0.15, -0.1) is 0 Å². The van der Waals surface area contributed by atoms with E-state index in [0.29, 0.717) is 45.6 Å². The maximum atomic E-state index is 10.8. The summed E-state index contributed by atoms with van der Waals surface area (Å²) < 4.78 is 0. The van der Waals surface area contributed by atoms with Gasteiger partial charge in [-0.25, -0.2) is 0 Å². The lowest BCUT2D eigenvalue weighted by atomic mass is 9.85. The maximum absolute atomic E-state index is 10.8. The molecule has 4 unspecified atom stereocenters. The van der Waals surface area contributed by atoms with Crippen LogP contribution < -0.4 is 0 Å². The van der Waals surface area contributed by atoms with E-state index in [1.165, 1.54) is 49.0 Å². The highest BCUT2D eigenvalue weighted by Crippen LogP contribution is 2.45. The molecule has 0 aliphatic heterocycles. The maximum Gasteiger partial charge on any atom is 0.123 e. The number of aromatic hydroxyl groups is 8. The van der Waals surface area contributed by atoms with Crippen molar-refractivity contribution in [3.8, 4) is 57.1 Å². The molecule has 4 atom stereocenters. The van der Waals surface area contributed by atoms with Crippen molar-refractivity contribution in [3.63, 3.8) is 0 Å². The van der Waals surface area contributed by atoms with Gasteiger partial charge < -0.3 is 40.9 Å². The van der Waals surface area contributed by atoms with E-state index in [-0.39, 0.29) is 35.2 Å².